The van der Waals surface area contributed by atoms with Gasteiger partial charge in [0.15, 0.2) is 0 Å². The summed E-state index contributed by atoms with van der Waals surface area (Å²) in [6.45, 7) is 1.47. The molecule has 1 aliphatic rings. The second-order valence-electron chi connectivity index (χ2n) is 3.97. The van der Waals surface area contributed by atoms with E-state index in [9.17, 15) is 0 Å². The number of hydrogen-bond donors (Lipinski definition) is 2. The van der Waals surface area contributed by atoms with Gasteiger partial charge in [-0.3, -0.25) is 0 Å². The first-order valence-electron chi connectivity index (χ1n) is 5.45. The summed E-state index contributed by atoms with van der Waals surface area (Å²) in [4.78, 5) is 11.5. The highest BCUT2D eigenvalue weighted by Gasteiger charge is 2.16. The third-order valence-electron chi connectivity index (χ3n) is 2.82. The van der Waals surface area contributed by atoms with Gasteiger partial charge in [-0.25, -0.2) is 4.98 Å². The molecule has 6 heteroatoms. The summed E-state index contributed by atoms with van der Waals surface area (Å²) in [5.41, 5.74) is 1.24. The number of aromatic amines is 1. The first-order valence-corrected chi connectivity index (χ1v) is 5.45. The zero-order chi connectivity index (χ0) is 11.7. The van der Waals surface area contributed by atoms with Crippen molar-refractivity contribution in [2.24, 2.45) is 0 Å². The molecule has 6 nitrogen and oxygen atoms in total. The van der Waals surface area contributed by atoms with E-state index in [0.717, 1.165) is 18.4 Å². The lowest BCUT2D eigenvalue weighted by atomic mass is 10.2. The van der Waals surface area contributed by atoms with Crippen LogP contribution in [0, 0.1) is 11.3 Å². The molecule has 0 saturated carbocycles. The molecule has 3 rings (SSSR count). The average Bonchev–Trinajstić information content (AvgIpc) is 2.97. The summed E-state index contributed by atoms with van der Waals surface area (Å²) in [6.07, 6.45) is 4.27. The predicted octanol–water partition coefficient (Wildman–Crippen LogP) is 1.03. The zero-order valence-corrected chi connectivity index (χ0v) is 9.10. The number of hydrogen-bond acceptors (Lipinski definition) is 5. The van der Waals surface area contributed by atoms with Crippen molar-refractivity contribution in [1.29, 1.82) is 5.26 Å². The van der Waals surface area contributed by atoms with Crippen molar-refractivity contribution in [3.63, 3.8) is 0 Å². The van der Waals surface area contributed by atoms with E-state index in [4.69, 9.17) is 10.00 Å². The number of aromatic nitrogens is 3. The maximum absolute atomic E-state index is 8.87. The van der Waals surface area contributed by atoms with Crippen LogP contribution in [0.25, 0.3) is 11.0 Å². The fourth-order valence-electron chi connectivity index (χ4n) is 1.90. The predicted molar refractivity (Wildman–Crippen MR) is 61.5 cm³/mol. The molecule has 2 aromatic rings. The van der Waals surface area contributed by atoms with E-state index in [1.807, 2.05) is 0 Å². The minimum absolute atomic E-state index is 0.276. The van der Waals surface area contributed by atoms with E-state index in [-0.39, 0.29) is 6.04 Å². The van der Waals surface area contributed by atoms with Gasteiger partial charge in [-0.15, -0.1) is 0 Å². The van der Waals surface area contributed by atoms with Gasteiger partial charge < -0.3 is 15.0 Å². The molecule has 1 fully saturated rings. The average molecular weight is 229 g/mol. The highest BCUT2D eigenvalue weighted by atomic mass is 16.5. The summed E-state index contributed by atoms with van der Waals surface area (Å²) < 4.78 is 5.27. The van der Waals surface area contributed by atoms with Crippen LogP contribution < -0.4 is 5.32 Å². The summed E-state index contributed by atoms with van der Waals surface area (Å²) in [5.74, 6) is 0.569. The number of H-pyrrole nitrogens is 1. The van der Waals surface area contributed by atoms with Gasteiger partial charge in [0.2, 0.25) is 5.95 Å². The van der Waals surface area contributed by atoms with E-state index >= 15 is 0 Å². The second-order valence-corrected chi connectivity index (χ2v) is 3.97. The van der Waals surface area contributed by atoms with Gasteiger partial charge in [-0.2, -0.15) is 10.2 Å². The minimum Gasteiger partial charge on any atom is -0.379 e. The van der Waals surface area contributed by atoms with Crippen molar-refractivity contribution in [1.82, 2.24) is 15.0 Å². The SMILES string of the molecule is N#Cc1c[nH]c2nc(NC3CCOC3)ncc12. The molecular formula is C11H11N5O. The fourth-order valence-corrected chi connectivity index (χ4v) is 1.90. The molecule has 3 heterocycles. The minimum atomic E-state index is 0.276. The summed E-state index contributed by atoms with van der Waals surface area (Å²) >= 11 is 0. The molecule has 1 unspecified atom stereocenters. The van der Waals surface area contributed by atoms with Crippen molar-refractivity contribution >= 4 is 17.0 Å². The molecule has 0 aromatic carbocycles. The van der Waals surface area contributed by atoms with E-state index in [0.29, 0.717) is 23.8 Å². The molecule has 86 valence electrons. The van der Waals surface area contributed by atoms with E-state index in [2.05, 4.69) is 26.3 Å². The van der Waals surface area contributed by atoms with Gasteiger partial charge >= 0.3 is 0 Å². The van der Waals surface area contributed by atoms with Gasteiger partial charge in [0.1, 0.15) is 11.7 Å². The van der Waals surface area contributed by atoms with Crippen molar-refractivity contribution in [3.8, 4) is 6.07 Å². The molecule has 0 amide bonds. The summed E-state index contributed by atoms with van der Waals surface area (Å²) in [6, 6.07) is 2.37. The number of nitrogens with zero attached hydrogens (tertiary/aromatic N) is 3. The van der Waals surface area contributed by atoms with Crippen LogP contribution in [-0.2, 0) is 4.74 Å². The lowest BCUT2D eigenvalue weighted by Crippen LogP contribution is -2.20. The third-order valence-corrected chi connectivity index (χ3v) is 2.82. The number of nitriles is 1. The Morgan fingerprint density at radius 3 is 3.29 bits per heavy atom. The largest absolute Gasteiger partial charge is 0.379 e. The number of rotatable bonds is 2. The number of fused-ring (bicyclic) bond motifs is 1. The van der Waals surface area contributed by atoms with Crippen LogP contribution >= 0.6 is 0 Å². The first-order chi connectivity index (χ1) is 8.36. The van der Waals surface area contributed by atoms with Gasteiger partial charge in [-0.05, 0) is 6.42 Å². The standard InChI is InChI=1S/C11H11N5O/c12-3-7-4-13-10-9(7)5-14-11(16-10)15-8-1-2-17-6-8/h4-5,8H,1-2,6H2,(H2,13,14,15,16). The number of ether oxygens (including phenoxy) is 1. The Balaban J connectivity index is 1.89. The van der Waals surface area contributed by atoms with Crippen molar-refractivity contribution < 1.29 is 4.74 Å². The Morgan fingerprint density at radius 1 is 1.59 bits per heavy atom. The van der Waals surface area contributed by atoms with Gasteiger partial charge in [0.05, 0.1) is 23.6 Å². The molecule has 0 spiro atoms. The van der Waals surface area contributed by atoms with Crippen LogP contribution in [0.3, 0.4) is 0 Å². The lowest BCUT2D eigenvalue weighted by Gasteiger charge is -2.09. The molecule has 1 saturated heterocycles. The smallest absolute Gasteiger partial charge is 0.224 e. The van der Waals surface area contributed by atoms with Gasteiger partial charge in [0, 0.05) is 19.0 Å². The maximum atomic E-state index is 8.87. The monoisotopic (exact) mass is 229 g/mol. The van der Waals surface area contributed by atoms with Gasteiger partial charge in [-0.1, -0.05) is 0 Å². The summed E-state index contributed by atoms with van der Waals surface area (Å²) in [5, 5.41) is 12.8. The highest BCUT2D eigenvalue weighted by Crippen LogP contribution is 2.17. The fraction of sp³-hybridized carbons (Fsp3) is 0.364. The molecule has 0 aliphatic carbocycles. The van der Waals surface area contributed by atoms with Crippen molar-refractivity contribution in [3.05, 3.63) is 18.0 Å². The van der Waals surface area contributed by atoms with Crippen LogP contribution in [-0.4, -0.2) is 34.2 Å². The quantitative estimate of drug-likeness (QED) is 0.803. The Kier molecular flexibility index (Phi) is 2.38. The highest BCUT2D eigenvalue weighted by molar-refractivity contribution is 5.82. The summed E-state index contributed by atoms with van der Waals surface area (Å²) in [7, 11) is 0. The molecule has 1 atom stereocenters. The maximum Gasteiger partial charge on any atom is 0.224 e. The molecule has 1 aliphatic heterocycles. The van der Waals surface area contributed by atoms with E-state index in [1.165, 1.54) is 0 Å². The molecule has 17 heavy (non-hydrogen) atoms. The first kappa shape index (κ1) is 10.1. The Hall–Kier alpha value is -2.13. The molecule has 2 aromatic heterocycles. The van der Waals surface area contributed by atoms with Gasteiger partial charge in [0.25, 0.3) is 0 Å². The van der Waals surface area contributed by atoms with Crippen LogP contribution in [0.5, 0.6) is 0 Å². The Labute approximate surface area is 97.6 Å². The molecule has 0 radical (unpaired) electrons. The van der Waals surface area contributed by atoms with E-state index in [1.54, 1.807) is 12.4 Å². The van der Waals surface area contributed by atoms with E-state index < -0.39 is 0 Å². The van der Waals surface area contributed by atoms with Crippen LogP contribution in [0.2, 0.25) is 0 Å². The number of nitrogens with one attached hydrogen (secondary N) is 2. The Bertz CT molecular complexity index is 579. The van der Waals surface area contributed by atoms with Crippen molar-refractivity contribution in [2.75, 3.05) is 18.5 Å². The normalized spacial score (nSPS) is 19.4. The van der Waals surface area contributed by atoms with Crippen LogP contribution in [0.4, 0.5) is 5.95 Å². The second kappa shape index (κ2) is 4.03. The zero-order valence-electron chi connectivity index (χ0n) is 9.10. The topological polar surface area (TPSA) is 86.6 Å². The lowest BCUT2D eigenvalue weighted by molar-refractivity contribution is 0.195. The molecule has 0 bridgehead atoms. The van der Waals surface area contributed by atoms with Crippen molar-refractivity contribution in [2.45, 2.75) is 12.5 Å². The molecular weight excluding hydrogens is 218 g/mol. The number of anilines is 1. The van der Waals surface area contributed by atoms with Crippen LogP contribution in [0.15, 0.2) is 12.4 Å². The molecule has 2 N–H and O–H groups in total. The van der Waals surface area contributed by atoms with Crippen LogP contribution in [0.1, 0.15) is 12.0 Å². The Morgan fingerprint density at radius 2 is 2.53 bits per heavy atom. The third kappa shape index (κ3) is 1.81.